The van der Waals surface area contributed by atoms with E-state index in [9.17, 15) is 9.59 Å². The molecule has 0 spiro atoms. The number of hydrogen-bond donors (Lipinski definition) is 1. The predicted octanol–water partition coefficient (Wildman–Crippen LogP) is 3.82. The molecule has 0 unspecified atom stereocenters. The van der Waals surface area contributed by atoms with Crippen LogP contribution in [0.1, 0.15) is 29.1 Å². The molecule has 0 fully saturated rings. The van der Waals surface area contributed by atoms with Gasteiger partial charge in [-0.15, -0.1) is 11.3 Å². The largest absolute Gasteiger partial charge is 0.496 e. The number of hydrogen-bond acceptors (Lipinski definition) is 4. The smallest absolute Gasteiger partial charge is 0.255 e. The van der Waals surface area contributed by atoms with Crippen LogP contribution >= 0.6 is 22.9 Å². The Hall–Kier alpha value is -2.05. The molecule has 0 aliphatic heterocycles. The number of nitrogens with one attached hydrogen (secondary N) is 1. The fourth-order valence-electron chi connectivity index (χ4n) is 2.55. The van der Waals surface area contributed by atoms with Crippen LogP contribution < -0.4 is 10.1 Å². The lowest BCUT2D eigenvalue weighted by Gasteiger charge is -2.27. The maximum Gasteiger partial charge on any atom is 0.255 e. The first-order valence-corrected chi connectivity index (χ1v) is 9.46. The van der Waals surface area contributed by atoms with E-state index in [4.69, 9.17) is 16.3 Å². The van der Waals surface area contributed by atoms with Crippen molar-refractivity contribution in [2.75, 3.05) is 14.2 Å². The van der Waals surface area contributed by atoms with Gasteiger partial charge in [-0.05, 0) is 30.2 Å². The number of rotatable bonds is 7. The molecule has 0 radical (unpaired) electrons. The minimum absolute atomic E-state index is 0.0597. The van der Waals surface area contributed by atoms with Crippen molar-refractivity contribution in [1.29, 1.82) is 0 Å². The second kappa shape index (κ2) is 9.05. The molecule has 5 nitrogen and oxygen atoms in total. The van der Waals surface area contributed by atoms with E-state index < -0.39 is 6.04 Å². The Balaban J connectivity index is 2.12. The van der Waals surface area contributed by atoms with Gasteiger partial charge in [0.05, 0.1) is 23.6 Å². The molecule has 0 aliphatic carbocycles. The Morgan fingerprint density at radius 3 is 2.50 bits per heavy atom. The van der Waals surface area contributed by atoms with E-state index in [1.165, 1.54) is 18.4 Å². The van der Waals surface area contributed by atoms with Crippen molar-refractivity contribution in [3.63, 3.8) is 0 Å². The van der Waals surface area contributed by atoms with Crippen molar-refractivity contribution in [3.05, 3.63) is 51.2 Å². The highest BCUT2D eigenvalue weighted by atomic mass is 35.5. The zero-order valence-electron chi connectivity index (χ0n) is 15.3. The molecule has 1 N–H and O–H groups in total. The fraction of sp³-hybridized carbons (Fsp3) is 0.368. The highest BCUT2D eigenvalue weighted by Crippen LogP contribution is 2.23. The molecule has 2 aromatic rings. The predicted molar refractivity (Wildman–Crippen MR) is 105 cm³/mol. The van der Waals surface area contributed by atoms with E-state index in [1.54, 1.807) is 36.2 Å². The molecular weight excluding hydrogens is 372 g/mol. The zero-order chi connectivity index (χ0) is 19.3. The van der Waals surface area contributed by atoms with Crippen molar-refractivity contribution < 1.29 is 14.3 Å². The molecule has 1 heterocycles. The molecule has 0 aliphatic rings. The van der Waals surface area contributed by atoms with Crippen LogP contribution in [-0.4, -0.2) is 36.9 Å². The molecule has 1 aromatic carbocycles. The molecule has 2 amide bonds. The number of nitrogens with zero attached hydrogens (tertiary/aromatic N) is 1. The topological polar surface area (TPSA) is 58.6 Å². The van der Waals surface area contributed by atoms with Gasteiger partial charge in [0.25, 0.3) is 5.91 Å². The second-order valence-corrected chi connectivity index (χ2v) is 8.10. The summed E-state index contributed by atoms with van der Waals surface area (Å²) in [5.41, 5.74) is 0.404. The lowest BCUT2D eigenvalue weighted by molar-refractivity contribution is -0.133. The number of para-hydroxylation sites is 1. The Morgan fingerprint density at radius 1 is 1.23 bits per heavy atom. The molecule has 2 rings (SSSR count). The number of methoxy groups -OCH3 is 1. The molecule has 0 saturated heterocycles. The monoisotopic (exact) mass is 394 g/mol. The summed E-state index contributed by atoms with van der Waals surface area (Å²) in [5.74, 6) is -0.0630. The Bertz CT molecular complexity index is 776. The summed E-state index contributed by atoms with van der Waals surface area (Å²) in [5, 5.41) is 2.85. The summed E-state index contributed by atoms with van der Waals surface area (Å²) < 4.78 is 5.92. The Morgan fingerprint density at radius 2 is 1.92 bits per heavy atom. The maximum atomic E-state index is 12.9. The zero-order valence-corrected chi connectivity index (χ0v) is 16.9. The van der Waals surface area contributed by atoms with Gasteiger partial charge in [-0.3, -0.25) is 9.59 Å². The average molecular weight is 395 g/mol. The van der Waals surface area contributed by atoms with Crippen molar-refractivity contribution in [2.24, 2.45) is 5.92 Å². The number of benzene rings is 1. The SMILES string of the molecule is COc1ccccc1C(=O)N[C@H](C(=O)N(C)Cc1ccc(Cl)s1)C(C)C. The third kappa shape index (κ3) is 4.99. The maximum absolute atomic E-state index is 12.9. The molecule has 26 heavy (non-hydrogen) atoms. The fourth-order valence-corrected chi connectivity index (χ4v) is 3.69. The van der Waals surface area contributed by atoms with Gasteiger partial charge in [-0.2, -0.15) is 0 Å². The van der Waals surface area contributed by atoms with E-state index >= 15 is 0 Å². The van der Waals surface area contributed by atoms with E-state index in [0.29, 0.717) is 22.2 Å². The lowest BCUT2D eigenvalue weighted by Crippen LogP contribution is -2.50. The van der Waals surface area contributed by atoms with E-state index in [1.807, 2.05) is 26.0 Å². The van der Waals surface area contributed by atoms with Crippen molar-refractivity contribution in [2.45, 2.75) is 26.4 Å². The van der Waals surface area contributed by atoms with Gasteiger partial charge in [0, 0.05) is 11.9 Å². The standard InChI is InChI=1S/C19H23ClN2O3S/c1-12(2)17(19(24)22(3)11-13-9-10-16(20)26-13)21-18(23)14-7-5-6-8-15(14)25-4/h5-10,12,17H,11H2,1-4H3,(H,21,23)/t17-/m0/s1. The van der Waals surface area contributed by atoms with Crippen LogP contribution in [-0.2, 0) is 11.3 Å². The van der Waals surface area contributed by atoms with Crippen LogP contribution in [0, 0.1) is 5.92 Å². The number of amides is 2. The number of ether oxygens (including phenoxy) is 1. The first-order valence-electron chi connectivity index (χ1n) is 8.26. The van der Waals surface area contributed by atoms with Crippen LogP contribution in [0.25, 0.3) is 0 Å². The van der Waals surface area contributed by atoms with Crippen LogP contribution in [0.2, 0.25) is 4.34 Å². The first kappa shape index (κ1) is 20.3. The molecule has 0 bridgehead atoms. The van der Waals surface area contributed by atoms with Gasteiger partial charge < -0.3 is 15.0 Å². The van der Waals surface area contributed by atoms with Crippen molar-refractivity contribution in [1.82, 2.24) is 10.2 Å². The Kier molecular flexibility index (Phi) is 7.06. The van der Waals surface area contributed by atoms with Gasteiger partial charge >= 0.3 is 0 Å². The number of likely N-dealkylation sites (N-methyl/N-ethyl adjacent to an activating group) is 1. The summed E-state index contributed by atoms with van der Waals surface area (Å²) in [4.78, 5) is 28.1. The van der Waals surface area contributed by atoms with Crippen LogP contribution in [0.4, 0.5) is 0 Å². The quantitative estimate of drug-likeness (QED) is 0.776. The highest BCUT2D eigenvalue weighted by Gasteiger charge is 2.28. The van der Waals surface area contributed by atoms with Crippen LogP contribution in [0.3, 0.4) is 0 Å². The number of carbonyl (C=O) groups excluding carboxylic acids is 2. The minimum atomic E-state index is -0.632. The van der Waals surface area contributed by atoms with Crippen molar-refractivity contribution in [3.8, 4) is 5.75 Å². The van der Waals surface area contributed by atoms with Gasteiger partial charge in [0.1, 0.15) is 11.8 Å². The summed E-state index contributed by atoms with van der Waals surface area (Å²) >= 11 is 7.38. The van der Waals surface area contributed by atoms with Gasteiger partial charge in [-0.25, -0.2) is 0 Å². The lowest BCUT2D eigenvalue weighted by atomic mass is 10.0. The van der Waals surface area contributed by atoms with Gasteiger partial charge in [0.15, 0.2) is 0 Å². The molecular formula is C19H23ClN2O3S. The molecule has 7 heteroatoms. The molecule has 1 atom stereocenters. The molecule has 140 valence electrons. The van der Waals surface area contributed by atoms with E-state index in [2.05, 4.69) is 5.32 Å². The number of thiophene rings is 1. The number of carbonyl (C=O) groups is 2. The molecule has 1 aromatic heterocycles. The van der Waals surface area contributed by atoms with Crippen molar-refractivity contribution >= 4 is 34.8 Å². The summed E-state index contributed by atoms with van der Waals surface area (Å²) in [6, 6.07) is 10.0. The average Bonchev–Trinajstić information content (AvgIpc) is 3.03. The van der Waals surface area contributed by atoms with Crippen LogP contribution in [0.5, 0.6) is 5.75 Å². The normalized spacial score (nSPS) is 11.9. The summed E-state index contributed by atoms with van der Waals surface area (Å²) in [6.07, 6.45) is 0. The second-order valence-electron chi connectivity index (χ2n) is 6.30. The minimum Gasteiger partial charge on any atom is -0.496 e. The highest BCUT2D eigenvalue weighted by molar-refractivity contribution is 7.16. The van der Waals surface area contributed by atoms with Gasteiger partial charge in [-0.1, -0.05) is 37.6 Å². The van der Waals surface area contributed by atoms with E-state index in [0.717, 1.165) is 4.88 Å². The number of halogens is 1. The third-order valence-corrected chi connectivity index (χ3v) is 5.18. The summed E-state index contributed by atoms with van der Waals surface area (Å²) in [7, 11) is 3.23. The van der Waals surface area contributed by atoms with Gasteiger partial charge in [0.2, 0.25) is 5.91 Å². The Labute approximate surface area is 162 Å². The van der Waals surface area contributed by atoms with E-state index in [-0.39, 0.29) is 17.7 Å². The first-order chi connectivity index (χ1) is 12.3. The summed E-state index contributed by atoms with van der Waals surface area (Å²) in [6.45, 7) is 4.26. The van der Waals surface area contributed by atoms with Crippen LogP contribution in [0.15, 0.2) is 36.4 Å². The third-order valence-electron chi connectivity index (χ3n) is 3.97. The molecule has 0 saturated carbocycles.